The average Bonchev–Trinajstić information content (AvgIpc) is 3.08. The summed E-state index contributed by atoms with van der Waals surface area (Å²) in [6.45, 7) is 2.17. The van der Waals surface area contributed by atoms with Crippen molar-refractivity contribution >= 4 is 45.7 Å². The number of alkyl halides is 1. The molecule has 0 bridgehead atoms. The minimum absolute atomic E-state index is 0. The Morgan fingerprint density at radius 2 is 1.65 bits per heavy atom. The average molecular weight is 639 g/mol. The van der Waals surface area contributed by atoms with Crippen molar-refractivity contribution in [3.63, 3.8) is 0 Å². The summed E-state index contributed by atoms with van der Waals surface area (Å²) in [4.78, 5) is 12.6. The van der Waals surface area contributed by atoms with Gasteiger partial charge in [0.1, 0.15) is 0 Å². The van der Waals surface area contributed by atoms with E-state index in [0.717, 1.165) is 42.4 Å². The predicted octanol–water partition coefficient (Wildman–Crippen LogP) is 5.65. The van der Waals surface area contributed by atoms with E-state index in [9.17, 15) is 4.79 Å². The number of ketones is 1. The molecule has 7 heteroatoms. The van der Waals surface area contributed by atoms with Crippen LogP contribution in [0.2, 0.25) is 0 Å². The van der Waals surface area contributed by atoms with Crippen LogP contribution in [0.5, 0.6) is 11.5 Å². The Hall–Kier alpha value is -0.536. The maximum absolute atomic E-state index is 12.6. The second kappa shape index (κ2) is 14.6. The summed E-state index contributed by atoms with van der Waals surface area (Å²) in [7, 11) is 3.24. The Balaban J connectivity index is 0.000000410. The van der Waals surface area contributed by atoms with Crippen LogP contribution in [0.15, 0.2) is 42.5 Å². The number of piperidine rings is 1. The molecule has 2 aromatic carbocycles. The molecule has 1 radical (unpaired) electrons. The summed E-state index contributed by atoms with van der Waals surface area (Å²) in [6.07, 6.45) is 4.23. The number of fused-ring (bicyclic) bond motifs is 1. The first-order valence-electron chi connectivity index (χ1n) is 10.3. The number of hydrogen-bond acceptors (Lipinski definition) is 4. The third-order valence-electron chi connectivity index (χ3n) is 5.79. The van der Waals surface area contributed by atoms with Gasteiger partial charge in [0.05, 0.1) is 14.2 Å². The Labute approximate surface area is 223 Å². The first-order chi connectivity index (χ1) is 14.2. The van der Waals surface area contributed by atoms with Crippen LogP contribution in [-0.2, 0) is 30.3 Å². The summed E-state index contributed by atoms with van der Waals surface area (Å²) >= 11 is 3.36. The zero-order valence-electron chi connectivity index (χ0n) is 18.1. The van der Waals surface area contributed by atoms with Gasteiger partial charge in [-0.3, -0.25) is 4.79 Å². The molecule has 1 N–H and O–H groups in total. The summed E-state index contributed by atoms with van der Waals surface area (Å²) in [5.74, 6) is 2.46. The van der Waals surface area contributed by atoms with Crippen molar-refractivity contribution in [2.45, 2.75) is 31.0 Å². The summed E-state index contributed by atoms with van der Waals surface area (Å²) in [6, 6.07) is 14.1. The fourth-order valence-electron chi connectivity index (χ4n) is 4.17. The van der Waals surface area contributed by atoms with Crippen LogP contribution in [-0.4, -0.2) is 33.1 Å². The summed E-state index contributed by atoms with van der Waals surface area (Å²) < 4.78 is 10.6. The molecule has 0 spiro atoms. The van der Waals surface area contributed by atoms with Crippen molar-refractivity contribution in [2.75, 3.05) is 27.3 Å². The first-order valence-corrected chi connectivity index (χ1v) is 11.4. The Kier molecular flexibility index (Phi) is 13.4. The molecule has 0 aromatic heterocycles. The maximum atomic E-state index is 12.6. The molecular formula is C24H31BrINO3V. The first kappa shape index (κ1) is 28.5. The minimum atomic E-state index is 0. The molecule has 169 valence electrons. The van der Waals surface area contributed by atoms with Crippen LogP contribution < -0.4 is 14.8 Å². The largest absolute Gasteiger partial charge is 0.493 e. The van der Waals surface area contributed by atoms with Crippen LogP contribution in [0.4, 0.5) is 0 Å². The summed E-state index contributed by atoms with van der Waals surface area (Å²) in [5.41, 5.74) is 3.26. The molecule has 2 aromatic rings. The van der Waals surface area contributed by atoms with Crippen LogP contribution in [0.1, 0.15) is 40.7 Å². The van der Waals surface area contributed by atoms with Crippen LogP contribution in [0, 0.1) is 11.8 Å². The van der Waals surface area contributed by atoms with E-state index >= 15 is 0 Å². The van der Waals surface area contributed by atoms with Crippen molar-refractivity contribution in [3.8, 4) is 11.5 Å². The van der Waals surface area contributed by atoms with Gasteiger partial charge in [-0.2, -0.15) is 0 Å². The number of hydrogen-bond donors (Lipinski definition) is 1. The zero-order valence-corrected chi connectivity index (χ0v) is 23.4. The molecule has 1 fully saturated rings. The van der Waals surface area contributed by atoms with E-state index < -0.39 is 0 Å². The summed E-state index contributed by atoms with van der Waals surface area (Å²) in [5, 5.41) is 4.33. The van der Waals surface area contributed by atoms with E-state index in [1.807, 2.05) is 30.3 Å². The number of carbonyl (C=O) groups is 1. The minimum Gasteiger partial charge on any atom is -0.493 e. The molecule has 31 heavy (non-hydrogen) atoms. The molecule has 1 saturated heterocycles. The van der Waals surface area contributed by atoms with Gasteiger partial charge < -0.3 is 14.8 Å². The molecule has 4 nitrogen and oxygen atoms in total. The van der Waals surface area contributed by atoms with E-state index in [0.29, 0.717) is 17.4 Å². The van der Waals surface area contributed by atoms with Gasteiger partial charge in [-0.25, -0.2) is 0 Å². The van der Waals surface area contributed by atoms with Crippen molar-refractivity contribution < 1.29 is 32.8 Å². The molecule has 1 heterocycles. The maximum Gasteiger partial charge on any atom is 0.166 e. The van der Waals surface area contributed by atoms with Crippen molar-refractivity contribution in [1.29, 1.82) is 0 Å². The molecule has 0 amide bonds. The molecule has 1 aliphatic heterocycles. The van der Waals surface area contributed by atoms with Gasteiger partial charge >= 0.3 is 0 Å². The molecule has 1 unspecified atom stereocenters. The van der Waals surface area contributed by atoms with Crippen molar-refractivity contribution in [2.24, 2.45) is 11.8 Å². The quantitative estimate of drug-likeness (QED) is 0.340. The number of methoxy groups -OCH3 is 2. The van der Waals surface area contributed by atoms with Gasteiger partial charge in [0, 0.05) is 35.4 Å². The SMILES string of the molecule is BrCc1ccccc1.COc1cc2c(cc1OC)C(=O)C(CC1CCNCC1)C2.I.[V]. The third kappa shape index (κ3) is 7.78. The Bertz CT molecular complexity index is 816. The fourth-order valence-corrected chi connectivity index (χ4v) is 4.55. The Morgan fingerprint density at radius 3 is 2.19 bits per heavy atom. The number of Topliss-reactive ketones (excluding diaryl/α,β-unsaturated/α-hetero) is 1. The number of carbonyl (C=O) groups excluding carboxylic acids is 1. The van der Waals surface area contributed by atoms with Gasteiger partial charge in [0.2, 0.25) is 0 Å². The van der Waals surface area contributed by atoms with Gasteiger partial charge in [-0.15, -0.1) is 24.0 Å². The standard InChI is InChI=1S/C17H23NO3.C7H7Br.HI.V/c1-20-15-9-12-8-13(7-11-3-5-18-6-4-11)17(19)14(12)10-16(15)21-2;8-6-7-4-2-1-3-5-7;;/h9-11,13,18H,3-8H2,1-2H3;1-5H,6H2;1H;. The molecule has 2 aliphatic rings. The number of rotatable bonds is 5. The van der Waals surface area contributed by atoms with Crippen LogP contribution in [0.25, 0.3) is 0 Å². The van der Waals surface area contributed by atoms with E-state index in [1.54, 1.807) is 14.2 Å². The zero-order chi connectivity index (χ0) is 20.6. The van der Waals surface area contributed by atoms with Crippen molar-refractivity contribution in [3.05, 3.63) is 59.2 Å². The van der Waals surface area contributed by atoms with Gasteiger partial charge in [-0.05, 0) is 68.0 Å². The van der Waals surface area contributed by atoms with Gasteiger partial charge in [0.15, 0.2) is 17.3 Å². The topological polar surface area (TPSA) is 47.6 Å². The smallest absolute Gasteiger partial charge is 0.166 e. The number of halogens is 2. The van der Waals surface area contributed by atoms with E-state index in [4.69, 9.17) is 9.47 Å². The normalized spacial score (nSPS) is 17.4. The van der Waals surface area contributed by atoms with Gasteiger partial charge in [-0.1, -0.05) is 46.3 Å². The van der Waals surface area contributed by atoms with E-state index in [1.165, 1.54) is 18.4 Å². The van der Waals surface area contributed by atoms with E-state index in [-0.39, 0.29) is 54.2 Å². The molecule has 1 aliphatic carbocycles. The fraction of sp³-hybridized carbons (Fsp3) is 0.458. The molecular weight excluding hydrogens is 608 g/mol. The van der Waals surface area contributed by atoms with E-state index in [2.05, 4.69) is 33.4 Å². The number of ether oxygens (including phenoxy) is 2. The van der Waals surface area contributed by atoms with Crippen LogP contribution in [0.3, 0.4) is 0 Å². The number of benzene rings is 2. The molecule has 1 atom stereocenters. The third-order valence-corrected chi connectivity index (χ3v) is 6.43. The monoisotopic (exact) mass is 638 g/mol. The second-order valence-electron chi connectivity index (χ2n) is 7.68. The molecule has 4 rings (SSSR count). The van der Waals surface area contributed by atoms with Crippen molar-refractivity contribution in [1.82, 2.24) is 5.32 Å². The Morgan fingerprint density at radius 1 is 1.03 bits per heavy atom. The second-order valence-corrected chi connectivity index (χ2v) is 8.24. The predicted molar refractivity (Wildman–Crippen MR) is 136 cm³/mol. The molecule has 0 saturated carbocycles. The number of nitrogens with one attached hydrogen (secondary N) is 1. The van der Waals surface area contributed by atoms with Gasteiger partial charge in [0.25, 0.3) is 0 Å². The van der Waals surface area contributed by atoms with Crippen LogP contribution >= 0.6 is 39.9 Å².